The number of hydrogen-bond acceptors (Lipinski definition) is 3. The van der Waals surface area contributed by atoms with Gasteiger partial charge in [-0.3, -0.25) is 0 Å². The lowest BCUT2D eigenvalue weighted by atomic mass is 9.66. The summed E-state index contributed by atoms with van der Waals surface area (Å²) in [6.45, 7) is 15.2. The molecule has 4 atom stereocenters. The molecular formula is C29H33NO2S2. The Morgan fingerprint density at radius 1 is 1.03 bits per heavy atom. The molecule has 2 aromatic carbocycles. The summed E-state index contributed by atoms with van der Waals surface area (Å²) in [5, 5.41) is 2.16. The number of benzene rings is 2. The first-order chi connectivity index (χ1) is 16.1. The molecule has 1 saturated heterocycles. The average Bonchev–Trinajstić information content (AvgIpc) is 3.40. The molecule has 3 nitrogen and oxygen atoms in total. The number of nitrogens with zero attached hydrogens (tertiary/aromatic N) is 1. The summed E-state index contributed by atoms with van der Waals surface area (Å²) in [6.07, 6.45) is 0. The molecule has 3 aromatic rings. The summed E-state index contributed by atoms with van der Waals surface area (Å²) in [7, 11) is -3.67. The zero-order valence-corrected chi connectivity index (χ0v) is 22.2. The molecule has 0 N–H and O–H groups in total. The summed E-state index contributed by atoms with van der Waals surface area (Å²) in [4.78, 5) is 1.71. The predicted molar refractivity (Wildman–Crippen MR) is 142 cm³/mol. The number of hydrogen-bond donors (Lipinski definition) is 0. The molecule has 1 aromatic heterocycles. The topological polar surface area (TPSA) is 37.4 Å². The van der Waals surface area contributed by atoms with Crippen LogP contribution in [0.3, 0.4) is 0 Å². The Hall–Kier alpha value is -2.21. The minimum absolute atomic E-state index is 0.0946. The van der Waals surface area contributed by atoms with E-state index in [0.29, 0.717) is 11.4 Å². The predicted octanol–water partition coefficient (Wildman–Crippen LogP) is 6.79. The van der Waals surface area contributed by atoms with Gasteiger partial charge in [0, 0.05) is 29.3 Å². The Labute approximate surface area is 208 Å². The van der Waals surface area contributed by atoms with Gasteiger partial charge >= 0.3 is 0 Å². The first-order valence-corrected chi connectivity index (χ1v) is 14.4. The van der Waals surface area contributed by atoms with Crippen LogP contribution in [0.15, 0.2) is 65.4 Å². The largest absolute Gasteiger partial charge is 0.243 e. The Bertz CT molecular complexity index is 1330. The Kier molecular flexibility index (Phi) is 5.86. The van der Waals surface area contributed by atoms with Gasteiger partial charge in [0.1, 0.15) is 0 Å². The van der Waals surface area contributed by atoms with E-state index in [1.165, 1.54) is 16.0 Å². The molecule has 2 heterocycles. The van der Waals surface area contributed by atoms with E-state index < -0.39 is 10.0 Å². The van der Waals surface area contributed by atoms with Crippen LogP contribution in [0.1, 0.15) is 52.5 Å². The number of fused-ring (bicyclic) bond motifs is 2. The maximum Gasteiger partial charge on any atom is 0.243 e. The van der Waals surface area contributed by atoms with E-state index in [0.717, 1.165) is 22.3 Å². The van der Waals surface area contributed by atoms with Crippen LogP contribution in [0, 0.1) is 38.5 Å². The van der Waals surface area contributed by atoms with Crippen LogP contribution in [0.25, 0.3) is 5.57 Å². The minimum atomic E-state index is -3.67. The molecule has 0 saturated carbocycles. The van der Waals surface area contributed by atoms with Crippen LogP contribution in [0.2, 0.25) is 0 Å². The van der Waals surface area contributed by atoms with Crippen molar-refractivity contribution in [3.05, 3.63) is 93.2 Å². The van der Waals surface area contributed by atoms with Crippen LogP contribution in [-0.2, 0) is 10.0 Å². The van der Waals surface area contributed by atoms with E-state index in [-0.39, 0.29) is 29.7 Å². The van der Waals surface area contributed by atoms with Crippen LogP contribution in [0.4, 0.5) is 0 Å². The van der Waals surface area contributed by atoms with Gasteiger partial charge in [-0.05, 0) is 71.9 Å². The second kappa shape index (κ2) is 8.47. The summed E-state index contributed by atoms with van der Waals surface area (Å²) in [6, 6.07) is 16.7. The standard InChI is InChI=1S/C29H33NO2S2/c1-17(2)27-25-21(6)28-23(12-13-33-28)26(22-10-8-7-9-11-22)24(25)16-30(27)34(31,32)29-19(4)14-18(3)15-20(29)5/h7-15,17,24-27H,6,16H2,1-5H3/t24-,25+,26-,27-/m0/s1. The van der Waals surface area contributed by atoms with Crippen molar-refractivity contribution in [2.24, 2.45) is 17.8 Å². The molecule has 0 unspecified atom stereocenters. The SMILES string of the molecule is C=C1c2sccc2[C@H](c2ccccc2)[C@H]2CN(S(=O)(=O)c3c(C)cc(C)cc3C)[C@@H](C(C)C)[C@H]12. The molecule has 5 rings (SSSR count). The second-order valence-electron chi connectivity index (χ2n) is 10.3. The number of rotatable bonds is 4. The van der Waals surface area contributed by atoms with Gasteiger partial charge in [-0.2, -0.15) is 4.31 Å². The molecular weight excluding hydrogens is 458 g/mol. The van der Waals surface area contributed by atoms with Crippen molar-refractivity contribution in [2.75, 3.05) is 6.54 Å². The summed E-state index contributed by atoms with van der Waals surface area (Å²) < 4.78 is 30.4. The lowest BCUT2D eigenvalue weighted by molar-refractivity contribution is 0.285. The molecule has 0 amide bonds. The van der Waals surface area contributed by atoms with Gasteiger partial charge in [0.2, 0.25) is 10.0 Å². The highest BCUT2D eigenvalue weighted by atomic mass is 32.2. The van der Waals surface area contributed by atoms with E-state index in [4.69, 9.17) is 0 Å². The molecule has 1 aliphatic heterocycles. The molecule has 5 heteroatoms. The molecule has 0 spiro atoms. The van der Waals surface area contributed by atoms with Gasteiger partial charge in [-0.1, -0.05) is 68.5 Å². The van der Waals surface area contributed by atoms with Crippen molar-refractivity contribution < 1.29 is 8.42 Å². The van der Waals surface area contributed by atoms with Gasteiger partial charge in [-0.15, -0.1) is 11.3 Å². The van der Waals surface area contributed by atoms with E-state index in [1.807, 2.05) is 43.3 Å². The third kappa shape index (κ3) is 3.52. The zero-order chi connectivity index (χ0) is 24.4. The van der Waals surface area contributed by atoms with E-state index in [1.54, 1.807) is 11.3 Å². The van der Waals surface area contributed by atoms with Crippen molar-refractivity contribution >= 4 is 26.9 Å². The zero-order valence-electron chi connectivity index (χ0n) is 20.6. The van der Waals surface area contributed by atoms with Gasteiger partial charge in [-0.25, -0.2) is 8.42 Å². The van der Waals surface area contributed by atoms with E-state index in [2.05, 4.69) is 56.1 Å². The van der Waals surface area contributed by atoms with Crippen LogP contribution < -0.4 is 0 Å². The lowest BCUT2D eigenvalue weighted by Gasteiger charge is -2.38. The van der Waals surface area contributed by atoms with Crippen LogP contribution in [0.5, 0.6) is 0 Å². The molecule has 2 aliphatic rings. The summed E-state index contributed by atoms with van der Waals surface area (Å²) >= 11 is 1.74. The van der Waals surface area contributed by atoms with Gasteiger partial charge in [0.15, 0.2) is 0 Å². The highest BCUT2D eigenvalue weighted by molar-refractivity contribution is 7.89. The van der Waals surface area contributed by atoms with Crippen LogP contribution >= 0.6 is 11.3 Å². The molecule has 0 radical (unpaired) electrons. The van der Waals surface area contributed by atoms with Gasteiger partial charge in [0.05, 0.1) is 4.90 Å². The molecule has 178 valence electrons. The quantitative estimate of drug-likeness (QED) is 0.403. The second-order valence-corrected chi connectivity index (χ2v) is 13.1. The third-order valence-electron chi connectivity index (χ3n) is 7.72. The first kappa shape index (κ1) is 23.5. The Balaban J connectivity index is 1.68. The van der Waals surface area contributed by atoms with Crippen molar-refractivity contribution in [2.45, 2.75) is 51.5 Å². The Morgan fingerprint density at radius 2 is 1.68 bits per heavy atom. The van der Waals surface area contributed by atoms with E-state index in [9.17, 15) is 8.42 Å². The number of aryl methyl sites for hydroxylation is 3. The third-order valence-corrected chi connectivity index (χ3v) is 10.9. The molecule has 1 aliphatic carbocycles. The number of sulfonamides is 1. The summed E-state index contributed by atoms with van der Waals surface area (Å²) in [5.41, 5.74) is 6.41. The normalized spacial score (nSPS) is 24.9. The first-order valence-electron chi connectivity index (χ1n) is 12.0. The molecule has 0 bridgehead atoms. The highest BCUT2D eigenvalue weighted by Gasteiger charge is 2.55. The van der Waals surface area contributed by atoms with Crippen molar-refractivity contribution in [3.63, 3.8) is 0 Å². The minimum Gasteiger partial charge on any atom is -0.207 e. The van der Waals surface area contributed by atoms with Gasteiger partial charge in [0.25, 0.3) is 0 Å². The fourth-order valence-corrected chi connectivity index (χ4v) is 9.84. The lowest BCUT2D eigenvalue weighted by Crippen LogP contribution is -2.42. The molecule has 34 heavy (non-hydrogen) atoms. The average molecular weight is 492 g/mol. The monoisotopic (exact) mass is 491 g/mol. The Morgan fingerprint density at radius 3 is 2.29 bits per heavy atom. The van der Waals surface area contributed by atoms with Gasteiger partial charge < -0.3 is 0 Å². The fraction of sp³-hybridized carbons (Fsp3) is 0.379. The van der Waals surface area contributed by atoms with Crippen molar-refractivity contribution in [1.82, 2.24) is 4.31 Å². The van der Waals surface area contributed by atoms with Crippen molar-refractivity contribution in [1.29, 1.82) is 0 Å². The van der Waals surface area contributed by atoms with Crippen molar-refractivity contribution in [3.8, 4) is 0 Å². The molecule has 1 fully saturated rings. The number of thiophene rings is 1. The summed E-state index contributed by atoms with van der Waals surface area (Å²) in [5.74, 6) is 0.590. The van der Waals surface area contributed by atoms with E-state index >= 15 is 0 Å². The van der Waals surface area contributed by atoms with Crippen LogP contribution in [-0.4, -0.2) is 25.3 Å². The highest BCUT2D eigenvalue weighted by Crippen LogP contribution is 2.57. The smallest absolute Gasteiger partial charge is 0.207 e. The fourth-order valence-electron chi connectivity index (χ4n) is 6.64. The maximum absolute atomic E-state index is 14.3. The maximum atomic E-state index is 14.3.